The van der Waals surface area contributed by atoms with Gasteiger partial charge in [-0.25, -0.2) is 0 Å². The van der Waals surface area contributed by atoms with Crippen molar-refractivity contribution in [1.29, 1.82) is 0 Å². The molecular weight excluding hydrogens is 164 g/mol. The summed E-state index contributed by atoms with van der Waals surface area (Å²) in [6, 6.07) is 0. The fraction of sp³-hybridized carbons (Fsp3) is 0.727. The maximum absolute atomic E-state index is 11.2. The maximum atomic E-state index is 11.2. The molecule has 0 bridgehead atoms. The molecular formula is C11H18O2. The van der Waals surface area contributed by atoms with E-state index in [0.717, 1.165) is 19.3 Å². The first-order valence-electron chi connectivity index (χ1n) is 4.98. The van der Waals surface area contributed by atoms with E-state index >= 15 is 0 Å². The molecule has 0 radical (unpaired) electrons. The van der Waals surface area contributed by atoms with Gasteiger partial charge in [-0.2, -0.15) is 0 Å². The van der Waals surface area contributed by atoms with Crippen molar-refractivity contribution in [2.45, 2.75) is 39.2 Å². The minimum atomic E-state index is -0.0314. The third-order valence-electron chi connectivity index (χ3n) is 2.86. The molecule has 0 aromatic rings. The molecule has 2 heteroatoms. The number of carbonyl (C=O) groups is 1. The third-order valence-corrected chi connectivity index (χ3v) is 2.86. The predicted octanol–water partition coefficient (Wildman–Crippen LogP) is 2.54. The lowest BCUT2D eigenvalue weighted by Crippen LogP contribution is -2.16. The number of hydrogen-bond donors (Lipinski definition) is 0. The van der Waals surface area contributed by atoms with Gasteiger partial charge in [-0.05, 0) is 26.2 Å². The fourth-order valence-corrected chi connectivity index (χ4v) is 1.94. The Balaban J connectivity index is 2.39. The van der Waals surface area contributed by atoms with Crippen LogP contribution in [-0.2, 0) is 9.53 Å². The van der Waals surface area contributed by atoms with Crippen molar-refractivity contribution in [1.82, 2.24) is 0 Å². The average molecular weight is 182 g/mol. The van der Waals surface area contributed by atoms with Crippen molar-refractivity contribution in [3.63, 3.8) is 0 Å². The predicted molar refractivity (Wildman–Crippen MR) is 52.3 cm³/mol. The monoisotopic (exact) mass is 182 g/mol. The molecule has 3 atom stereocenters. The van der Waals surface area contributed by atoms with Crippen molar-refractivity contribution >= 4 is 5.97 Å². The second-order valence-corrected chi connectivity index (χ2v) is 3.81. The summed E-state index contributed by atoms with van der Waals surface area (Å²) in [7, 11) is 0. The van der Waals surface area contributed by atoms with Crippen LogP contribution in [0.1, 0.15) is 33.1 Å². The molecule has 13 heavy (non-hydrogen) atoms. The highest BCUT2D eigenvalue weighted by Gasteiger charge is 2.38. The largest absolute Gasteiger partial charge is 0.462 e. The SMILES string of the molecule is C=CCCCC1C(C)OC(=O)C1C. The summed E-state index contributed by atoms with van der Waals surface area (Å²) in [5.74, 6) is 0.461. The highest BCUT2D eigenvalue weighted by molar-refractivity contribution is 5.74. The summed E-state index contributed by atoms with van der Waals surface area (Å²) in [5.41, 5.74) is 0. The molecule has 0 aromatic carbocycles. The van der Waals surface area contributed by atoms with Gasteiger partial charge in [0, 0.05) is 5.92 Å². The summed E-state index contributed by atoms with van der Waals surface area (Å²) in [4.78, 5) is 11.2. The van der Waals surface area contributed by atoms with Gasteiger partial charge in [-0.15, -0.1) is 6.58 Å². The molecule has 74 valence electrons. The Kier molecular flexibility index (Phi) is 3.52. The Bertz CT molecular complexity index is 198. The lowest BCUT2D eigenvalue weighted by atomic mass is 9.88. The molecule has 1 heterocycles. The van der Waals surface area contributed by atoms with Crippen molar-refractivity contribution in [2.75, 3.05) is 0 Å². The van der Waals surface area contributed by atoms with E-state index in [2.05, 4.69) is 6.58 Å². The second kappa shape index (κ2) is 4.45. The smallest absolute Gasteiger partial charge is 0.309 e. The Morgan fingerprint density at radius 3 is 2.69 bits per heavy atom. The standard InChI is InChI=1S/C11H18O2/c1-4-5-6-7-10-8(2)11(12)13-9(10)3/h4,8-10H,1,5-7H2,2-3H3. The molecule has 1 rings (SSSR count). The van der Waals surface area contributed by atoms with E-state index in [4.69, 9.17) is 4.74 Å². The Morgan fingerprint density at radius 2 is 2.23 bits per heavy atom. The summed E-state index contributed by atoms with van der Waals surface area (Å²) in [6.07, 6.45) is 5.24. The number of cyclic esters (lactones) is 1. The topological polar surface area (TPSA) is 26.3 Å². The molecule has 0 amide bonds. The molecule has 1 aliphatic rings. The summed E-state index contributed by atoms with van der Waals surface area (Å²) < 4.78 is 5.15. The number of esters is 1. The van der Waals surface area contributed by atoms with Gasteiger partial charge in [-0.3, -0.25) is 4.79 Å². The van der Waals surface area contributed by atoms with Gasteiger partial charge in [0.15, 0.2) is 0 Å². The molecule has 0 aromatic heterocycles. The minimum Gasteiger partial charge on any atom is -0.462 e. The first kappa shape index (κ1) is 10.3. The summed E-state index contributed by atoms with van der Waals surface area (Å²) in [5, 5.41) is 0. The van der Waals surface area contributed by atoms with Crippen LogP contribution in [0, 0.1) is 11.8 Å². The van der Waals surface area contributed by atoms with Gasteiger partial charge in [0.2, 0.25) is 0 Å². The Morgan fingerprint density at radius 1 is 1.54 bits per heavy atom. The van der Waals surface area contributed by atoms with Gasteiger partial charge in [0.1, 0.15) is 6.10 Å². The van der Waals surface area contributed by atoms with E-state index < -0.39 is 0 Å². The molecule has 1 aliphatic heterocycles. The van der Waals surface area contributed by atoms with E-state index in [9.17, 15) is 4.79 Å². The molecule has 0 spiro atoms. The average Bonchev–Trinajstić information content (AvgIpc) is 2.32. The van der Waals surface area contributed by atoms with Crippen molar-refractivity contribution in [3.8, 4) is 0 Å². The van der Waals surface area contributed by atoms with Crippen LogP contribution in [0.4, 0.5) is 0 Å². The summed E-state index contributed by atoms with van der Waals surface area (Å²) >= 11 is 0. The number of unbranched alkanes of at least 4 members (excludes halogenated alkanes) is 1. The van der Waals surface area contributed by atoms with Crippen LogP contribution in [0.15, 0.2) is 12.7 Å². The minimum absolute atomic E-state index is 0.0314. The fourth-order valence-electron chi connectivity index (χ4n) is 1.94. The van der Waals surface area contributed by atoms with E-state index in [1.54, 1.807) is 0 Å². The van der Waals surface area contributed by atoms with Gasteiger partial charge < -0.3 is 4.74 Å². The summed E-state index contributed by atoms with van der Waals surface area (Å²) in [6.45, 7) is 7.63. The zero-order chi connectivity index (χ0) is 9.84. The maximum Gasteiger partial charge on any atom is 0.309 e. The van der Waals surface area contributed by atoms with Crippen LogP contribution in [0.3, 0.4) is 0 Å². The second-order valence-electron chi connectivity index (χ2n) is 3.81. The van der Waals surface area contributed by atoms with E-state index in [1.165, 1.54) is 0 Å². The van der Waals surface area contributed by atoms with Gasteiger partial charge in [0.05, 0.1) is 5.92 Å². The third kappa shape index (κ3) is 2.33. The molecule has 3 unspecified atom stereocenters. The van der Waals surface area contributed by atoms with Crippen LogP contribution in [-0.4, -0.2) is 12.1 Å². The number of carbonyl (C=O) groups excluding carboxylic acids is 1. The van der Waals surface area contributed by atoms with Crippen LogP contribution in [0.5, 0.6) is 0 Å². The number of rotatable bonds is 4. The number of hydrogen-bond acceptors (Lipinski definition) is 2. The van der Waals surface area contributed by atoms with E-state index in [0.29, 0.717) is 5.92 Å². The molecule has 0 aliphatic carbocycles. The van der Waals surface area contributed by atoms with E-state index in [1.807, 2.05) is 19.9 Å². The molecule has 1 fully saturated rings. The molecule has 1 saturated heterocycles. The normalized spacial score (nSPS) is 33.1. The lowest BCUT2D eigenvalue weighted by molar-refractivity contribution is -0.143. The van der Waals surface area contributed by atoms with Gasteiger partial charge in [0.25, 0.3) is 0 Å². The Hall–Kier alpha value is -0.790. The highest BCUT2D eigenvalue weighted by Crippen LogP contribution is 2.31. The highest BCUT2D eigenvalue weighted by atomic mass is 16.6. The lowest BCUT2D eigenvalue weighted by Gasteiger charge is -2.14. The van der Waals surface area contributed by atoms with Crippen molar-refractivity contribution in [3.05, 3.63) is 12.7 Å². The molecule has 2 nitrogen and oxygen atoms in total. The zero-order valence-corrected chi connectivity index (χ0v) is 8.45. The Labute approximate surface area is 80.0 Å². The first-order valence-corrected chi connectivity index (χ1v) is 4.98. The number of allylic oxidation sites excluding steroid dienone is 1. The van der Waals surface area contributed by atoms with Crippen molar-refractivity contribution < 1.29 is 9.53 Å². The molecule has 0 saturated carbocycles. The molecule has 0 N–H and O–H groups in total. The number of ether oxygens (including phenoxy) is 1. The van der Waals surface area contributed by atoms with E-state index in [-0.39, 0.29) is 18.0 Å². The van der Waals surface area contributed by atoms with Crippen molar-refractivity contribution in [2.24, 2.45) is 11.8 Å². The van der Waals surface area contributed by atoms with Gasteiger partial charge in [-0.1, -0.05) is 13.0 Å². The van der Waals surface area contributed by atoms with Gasteiger partial charge >= 0.3 is 5.97 Å². The zero-order valence-electron chi connectivity index (χ0n) is 8.45. The quantitative estimate of drug-likeness (QED) is 0.379. The van der Waals surface area contributed by atoms with Crippen LogP contribution < -0.4 is 0 Å². The van der Waals surface area contributed by atoms with Crippen LogP contribution in [0.25, 0.3) is 0 Å². The van der Waals surface area contributed by atoms with Crippen LogP contribution in [0.2, 0.25) is 0 Å². The first-order chi connectivity index (χ1) is 6.16. The van der Waals surface area contributed by atoms with Crippen LogP contribution >= 0.6 is 0 Å².